The minimum atomic E-state index is -1.13. The first-order valence-corrected chi connectivity index (χ1v) is 5.85. The van der Waals surface area contributed by atoms with Crippen molar-refractivity contribution in [2.75, 3.05) is 20.3 Å². The second kappa shape index (κ2) is 5.30. The highest BCUT2D eigenvalue weighted by Gasteiger charge is 2.41. The van der Waals surface area contributed by atoms with Crippen LogP contribution in [0.1, 0.15) is 24.5 Å². The van der Waals surface area contributed by atoms with Crippen molar-refractivity contribution >= 4 is 0 Å². The van der Waals surface area contributed by atoms with E-state index in [2.05, 4.69) is 0 Å². The van der Waals surface area contributed by atoms with Gasteiger partial charge in [0.2, 0.25) is 0 Å². The molecule has 0 amide bonds. The number of rotatable bonds is 3. The molecule has 0 spiro atoms. The third kappa shape index (κ3) is 2.39. The monoisotopic (exact) mass is 258 g/mol. The van der Waals surface area contributed by atoms with Crippen LogP contribution < -0.4 is 0 Å². The predicted molar refractivity (Wildman–Crippen MR) is 61.1 cm³/mol. The van der Waals surface area contributed by atoms with E-state index in [-0.39, 0.29) is 5.56 Å². The molecule has 1 fully saturated rings. The van der Waals surface area contributed by atoms with Crippen LogP contribution in [0.3, 0.4) is 0 Å². The molecule has 1 aliphatic rings. The summed E-state index contributed by atoms with van der Waals surface area (Å²) in [6.07, 6.45) is -0.185. The van der Waals surface area contributed by atoms with E-state index >= 15 is 0 Å². The number of hydrogen-bond acceptors (Lipinski definition) is 3. The van der Waals surface area contributed by atoms with Crippen molar-refractivity contribution in [2.24, 2.45) is 0 Å². The lowest BCUT2D eigenvalue weighted by atomic mass is 9.84. The minimum Gasteiger partial charge on any atom is -0.385 e. The van der Waals surface area contributed by atoms with Crippen LogP contribution in [0.2, 0.25) is 0 Å². The Bertz CT molecular complexity index is 417. The van der Waals surface area contributed by atoms with Crippen LogP contribution in [0.15, 0.2) is 18.2 Å². The fourth-order valence-electron chi connectivity index (χ4n) is 2.31. The van der Waals surface area contributed by atoms with E-state index in [1.54, 1.807) is 0 Å². The fraction of sp³-hybridized carbons (Fsp3) is 0.538. The first kappa shape index (κ1) is 13.4. The van der Waals surface area contributed by atoms with Gasteiger partial charge in [0.05, 0.1) is 0 Å². The molecule has 2 rings (SSSR count). The molecule has 1 N–H and O–H groups in total. The van der Waals surface area contributed by atoms with Gasteiger partial charge in [0.15, 0.2) is 0 Å². The molecule has 100 valence electrons. The van der Waals surface area contributed by atoms with Gasteiger partial charge in [-0.2, -0.15) is 0 Å². The van der Waals surface area contributed by atoms with E-state index in [4.69, 9.17) is 9.47 Å². The number of aliphatic hydroxyl groups is 1. The molecular formula is C13H16F2O3. The summed E-state index contributed by atoms with van der Waals surface area (Å²) in [5.74, 6) is -1.42. The summed E-state index contributed by atoms with van der Waals surface area (Å²) < 4.78 is 37.1. The van der Waals surface area contributed by atoms with Gasteiger partial charge in [-0.1, -0.05) is 6.07 Å². The molecule has 1 unspecified atom stereocenters. The Balaban J connectivity index is 2.30. The second-order valence-corrected chi connectivity index (χ2v) is 4.45. The van der Waals surface area contributed by atoms with E-state index < -0.39 is 23.3 Å². The number of methoxy groups -OCH3 is 1. The number of aliphatic hydroxyl groups excluding tert-OH is 1. The third-order valence-corrected chi connectivity index (χ3v) is 3.50. The van der Waals surface area contributed by atoms with Crippen LogP contribution in [0.25, 0.3) is 0 Å². The summed E-state index contributed by atoms with van der Waals surface area (Å²) in [6, 6.07) is 3.15. The van der Waals surface area contributed by atoms with Crippen LogP contribution >= 0.6 is 0 Å². The zero-order valence-corrected chi connectivity index (χ0v) is 10.2. The lowest BCUT2D eigenvalue weighted by Gasteiger charge is -2.39. The second-order valence-electron chi connectivity index (χ2n) is 4.45. The molecule has 1 aliphatic heterocycles. The van der Waals surface area contributed by atoms with Crippen molar-refractivity contribution in [3.8, 4) is 0 Å². The van der Waals surface area contributed by atoms with Gasteiger partial charge in [-0.25, -0.2) is 8.78 Å². The highest BCUT2D eigenvalue weighted by molar-refractivity contribution is 5.23. The molecule has 0 radical (unpaired) electrons. The van der Waals surface area contributed by atoms with E-state index in [1.165, 1.54) is 13.2 Å². The standard InChI is InChI=1S/C13H16F2O3/c1-17-13(4-6-18-7-5-13)12(16)10-3-2-9(14)8-11(10)15/h2-3,8,12,16H,4-7H2,1H3. The highest BCUT2D eigenvalue weighted by Crippen LogP contribution is 2.38. The molecular weight excluding hydrogens is 242 g/mol. The number of benzene rings is 1. The van der Waals surface area contributed by atoms with Crippen molar-refractivity contribution in [1.29, 1.82) is 0 Å². The maximum absolute atomic E-state index is 13.7. The molecule has 1 aromatic carbocycles. The molecule has 1 heterocycles. The van der Waals surface area contributed by atoms with Crippen LogP contribution in [0, 0.1) is 11.6 Å². The van der Waals surface area contributed by atoms with Crippen molar-refractivity contribution in [2.45, 2.75) is 24.5 Å². The average Bonchev–Trinajstić information content (AvgIpc) is 2.39. The molecule has 0 bridgehead atoms. The van der Waals surface area contributed by atoms with Gasteiger partial charge >= 0.3 is 0 Å². The zero-order valence-electron chi connectivity index (χ0n) is 10.2. The van der Waals surface area contributed by atoms with Crippen molar-refractivity contribution in [1.82, 2.24) is 0 Å². The third-order valence-electron chi connectivity index (χ3n) is 3.50. The van der Waals surface area contributed by atoms with E-state index in [0.29, 0.717) is 26.1 Å². The Labute approximate surface area is 104 Å². The van der Waals surface area contributed by atoms with Crippen LogP contribution in [-0.2, 0) is 9.47 Å². The molecule has 3 nitrogen and oxygen atoms in total. The smallest absolute Gasteiger partial charge is 0.132 e. The van der Waals surface area contributed by atoms with Crippen LogP contribution in [-0.4, -0.2) is 31.0 Å². The minimum absolute atomic E-state index is 0.0557. The summed E-state index contributed by atoms with van der Waals surface area (Å²) in [4.78, 5) is 0. The SMILES string of the molecule is COC1(C(O)c2ccc(F)cc2F)CCOCC1. The number of hydrogen-bond donors (Lipinski definition) is 1. The Kier molecular flexibility index (Phi) is 3.94. The summed E-state index contributed by atoms with van der Waals surface area (Å²) in [6.45, 7) is 0.904. The Morgan fingerprint density at radius 2 is 2.00 bits per heavy atom. The largest absolute Gasteiger partial charge is 0.385 e. The topological polar surface area (TPSA) is 38.7 Å². The first-order valence-electron chi connectivity index (χ1n) is 5.85. The van der Waals surface area contributed by atoms with Gasteiger partial charge in [-0.15, -0.1) is 0 Å². The first-order chi connectivity index (χ1) is 8.59. The molecule has 0 aliphatic carbocycles. The van der Waals surface area contributed by atoms with Gasteiger partial charge in [0.1, 0.15) is 23.3 Å². The quantitative estimate of drug-likeness (QED) is 0.903. The summed E-state index contributed by atoms with van der Waals surface area (Å²) in [7, 11) is 1.48. The van der Waals surface area contributed by atoms with Gasteiger partial charge in [0, 0.05) is 44.8 Å². The predicted octanol–water partition coefficient (Wildman–Crippen LogP) is 2.19. The fourth-order valence-corrected chi connectivity index (χ4v) is 2.31. The van der Waals surface area contributed by atoms with Crippen LogP contribution in [0.4, 0.5) is 8.78 Å². The van der Waals surface area contributed by atoms with Gasteiger partial charge in [0.25, 0.3) is 0 Å². The number of halogens is 2. The summed E-state index contributed by atoms with van der Waals surface area (Å²) in [5.41, 5.74) is -0.808. The maximum atomic E-state index is 13.7. The number of ether oxygens (including phenoxy) is 2. The summed E-state index contributed by atoms with van der Waals surface area (Å²) in [5, 5.41) is 10.3. The Morgan fingerprint density at radius 3 is 2.56 bits per heavy atom. The van der Waals surface area contributed by atoms with Crippen molar-refractivity contribution in [3.05, 3.63) is 35.4 Å². The zero-order chi connectivity index (χ0) is 13.2. The van der Waals surface area contributed by atoms with E-state index in [0.717, 1.165) is 12.1 Å². The molecule has 5 heteroatoms. The lowest BCUT2D eigenvalue weighted by molar-refractivity contribution is -0.155. The van der Waals surface area contributed by atoms with Crippen LogP contribution in [0.5, 0.6) is 0 Å². The highest BCUT2D eigenvalue weighted by atomic mass is 19.1. The molecule has 0 aromatic heterocycles. The molecule has 1 atom stereocenters. The molecule has 18 heavy (non-hydrogen) atoms. The van der Waals surface area contributed by atoms with Gasteiger partial charge in [-0.3, -0.25) is 0 Å². The van der Waals surface area contributed by atoms with Gasteiger partial charge < -0.3 is 14.6 Å². The lowest BCUT2D eigenvalue weighted by Crippen LogP contribution is -2.44. The molecule has 0 saturated carbocycles. The average molecular weight is 258 g/mol. The molecule has 1 saturated heterocycles. The molecule has 1 aromatic rings. The normalized spacial score (nSPS) is 20.7. The van der Waals surface area contributed by atoms with E-state index in [1.807, 2.05) is 0 Å². The van der Waals surface area contributed by atoms with E-state index in [9.17, 15) is 13.9 Å². The van der Waals surface area contributed by atoms with Gasteiger partial charge in [-0.05, 0) is 6.07 Å². The van der Waals surface area contributed by atoms with Crippen molar-refractivity contribution in [3.63, 3.8) is 0 Å². The summed E-state index contributed by atoms with van der Waals surface area (Å²) >= 11 is 0. The Hall–Kier alpha value is -1.04. The Morgan fingerprint density at radius 1 is 1.33 bits per heavy atom. The maximum Gasteiger partial charge on any atom is 0.132 e. The van der Waals surface area contributed by atoms with Crippen molar-refractivity contribution < 1.29 is 23.4 Å².